The Kier molecular flexibility index (Phi) is 3.92. The van der Waals surface area contributed by atoms with Crippen molar-refractivity contribution in [3.8, 4) is 0 Å². The molecule has 1 saturated heterocycles. The third kappa shape index (κ3) is 3.60. The van der Waals surface area contributed by atoms with Crippen LogP contribution in [0.4, 0.5) is 0 Å². The largest absolute Gasteiger partial charge is 0.373 e. The highest BCUT2D eigenvalue weighted by Crippen LogP contribution is 2.36. The van der Waals surface area contributed by atoms with Gasteiger partial charge in [0.15, 0.2) is 5.96 Å². The van der Waals surface area contributed by atoms with Gasteiger partial charge in [-0.15, -0.1) is 0 Å². The molecule has 3 atom stereocenters. The highest BCUT2D eigenvalue weighted by molar-refractivity contribution is 5.79. The lowest BCUT2D eigenvalue weighted by atomic mass is 10.0. The highest BCUT2D eigenvalue weighted by atomic mass is 16.5. The fraction of sp³-hybridized carbons (Fsp3) is 0.923. The fourth-order valence-electron chi connectivity index (χ4n) is 2.38. The summed E-state index contributed by atoms with van der Waals surface area (Å²) in [7, 11) is 1.82. The molecule has 3 unspecified atom stereocenters. The van der Waals surface area contributed by atoms with Gasteiger partial charge in [-0.1, -0.05) is 6.92 Å². The number of nitrogens with zero attached hydrogens (tertiary/aromatic N) is 1. The van der Waals surface area contributed by atoms with Crippen molar-refractivity contribution in [1.82, 2.24) is 10.6 Å². The average Bonchev–Trinajstić information content (AvgIpc) is 2.84. The second kappa shape index (κ2) is 5.25. The van der Waals surface area contributed by atoms with E-state index in [2.05, 4.69) is 29.5 Å². The number of aliphatic imine (C=N–C) groups is 1. The van der Waals surface area contributed by atoms with Crippen LogP contribution in [0.1, 0.15) is 33.1 Å². The van der Waals surface area contributed by atoms with Crippen LogP contribution >= 0.6 is 0 Å². The van der Waals surface area contributed by atoms with E-state index in [1.807, 2.05) is 7.05 Å². The summed E-state index contributed by atoms with van der Waals surface area (Å²) in [4.78, 5) is 4.24. The van der Waals surface area contributed by atoms with Gasteiger partial charge in [-0.05, 0) is 38.0 Å². The Morgan fingerprint density at radius 2 is 2.24 bits per heavy atom. The molecule has 0 aromatic heterocycles. The molecule has 17 heavy (non-hydrogen) atoms. The van der Waals surface area contributed by atoms with Crippen molar-refractivity contribution in [2.75, 3.05) is 26.7 Å². The van der Waals surface area contributed by atoms with Crippen molar-refractivity contribution in [3.63, 3.8) is 0 Å². The van der Waals surface area contributed by atoms with E-state index in [1.54, 1.807) is 0 Å². The fourth-order valence-corrected chi connectivity index (χ4v) is 2.38. The second-order valence-corrected chi connectivity index (χ2v) is 5.68. The quantitative estimate of drug-likeness (QED) is 0.575. The van der Waals surface area contributed by atoms with E-state index in [-0.39, 0.29) is 5.60 Å². The van der Waals surface area contributed by atoms with E-state index in [0.29, 0.717) is 0 Å². The molecule has 1 aliphatic carbocycles. The summed E-state index contributed by atoms with van der Waals surface area (Å²) in [6, 6.07) is 0. The zero-order valence-electron chi connectivity index (χ0n) is 11.3. The van der Waals surface area contributed by atoms with Gasteiger partial charge in [0.25, 0.3) is 0 Å². The van der Waals surface area contributed by atoms with Gasteiger partial charge in [0, 0.05) is 26.7 Å². The van der Waals surface area contributed by atoms with Crippen LogP contribution in [0.2, 0.25) is 0 Å². The van der Waals surface area contributed by atoms with Crippen LogP contribution in [0.3, 0.4) is 0 Å². The molecular weight excluding hydrogens is 214 g/mol. The monoisotopic (exact) mass is 239 g/mol. The van der Waals surface area contributed by atoms with E-state index in [1.165, 1.54) is 12.8 Å². The standard InChI is InChI=1S/C13H25N3O/c1-10-7-11(10)8-15-12(14-3)16-9-13(2)5-4-6-17-13/h10-11H,4-9H2,1-3H3,(H2,14,15,16). The molecule has 0 spiro atoms. The van der Waals surface area contributed by atoms with Gasteiger partial charge >= 0.3 is 0 Å². The van der Waals surface area contributed by atoms with Gasteiger partial charge in [0.2, 0.25) is 0 Å². The van der Waals surface area contributed by atoms with Crippen molar-refractivity contribution >= 4 is 5.96 Å². The van der Waals surface area contributed by atoms with Crippen LogP contribution in [-0.2, 0) is 4.74 Å². The molecule has 2 fully saturated rings. The Morgan fingerprint density at radius 3 is 2.76 bits per heavy atom. The van der Waals surface area contributed by atoms with Crippen LogP contribution in [-0.4, -0.2) is 38.3 Å². The van der Waals surface area contributed by atoms with Gasteiger partial charge in [-0.2, -0.15) is 0 Å². The molecule has 0 bridgehead atoms. The average molecular weight is 239 g/mol. The van der Waals surface area contributed by atoms with E-state index in [9.17, 15) is 0 Å². The summed E-state index contributed by atoms with van der Waals surface area (Å²) < 4.78 is 5.75. The zero-order valence-corrected chi connectivity index (χ0v) is 11.3. The maximum Gasteiger partial charge on any atom is 0.191 e. The van der Waals surface area contributed by atoms with Crippen molar-refractivity contribution in [2.45, 2.75) is 38.7 Å². The molecule has 1 saturated carbocycles. The Bertz CT molecular complexity index is 284. The first-order valence-electron chi connectivity index (χ1n) is 6.71. The Balaban J connectivity index is 1.68. The van der Waals surface area contributed by atoms with Crippen LogP contribution in [0.15, 0.2) is 4.99 Å². The molecule has 1 heterocycles. The normalized spacial score (nSPS) is 37.0. The molecule has 2 aliphatic rings. The van der Waals surface area contributed by atoms with Gasteiger partial charge in [-0.3, -0.25) is 4.99 Å². The first kappa shape index (κ1) is 12.7. The molecule has 98 valence electrons. The smallest absolute Gasteiger partial charge is 0.191 e. The summed E-state index contributed by atoms with van der Waals surface area (Å²) in [6.07, 6.45) is 3.66. The molecule has 2 rings (SSSR count). The van der Waals surface area contributed by atoms with E-state index in [4.69, 9.17) is 4.74 Å². The molecule has 0 aromatic carbocycles. The molecular formula is C13H25N3O. The number of hydrogen-bond acceptors (Lipinski definition) is 2. The van der Waals surface area contributed by atoms with Crippen molar-refractivity contribution in [1.29, 1.82) is 0 Å². The molecule has 2 N–H and O–H groups in total. The summed E-state index contributed by atoms with van der Waals surface area (Å²) in [5.41, 5.74) is -0.00943. The Morgan fingerprint density at radius 1 is 1.47 bits per heavy atom. The van der Waals surface area contributed by atoms with Gasteiger partial charge in [-0.25, -0.2) is 0 Å². The summed E-state index contributed by atoms with van der Waals surface area (Å²) in [5.74, 6) is 2.63. The molecule has 0 amide bonds. The minimum absolute atomic E-state index is 0.00943. The van der Waals surface area contributed by atoms with Crippen molar-refractivity contribution in [3.05, 3.63) is 0 Å². The maximum atomic E-state index is 5.75. The zero-order chi connectivity index (χ0) is 12.3. The van der Waals surface area contributed by atoms with Gasteiger partial charge < -0.3 is 15.4 Å². The molecule has 0 radical (unpaired) electrons. The minimum atomic E-state index is -0.00943. The highest BCUT2D eigenvalue weighted by Gasteiger charge is 2.33. The predicted octanol–water partition coefficient (Wildman–Crippen LogP) is 1.38. The Labute approximate surface area is 104 Å². The third-order valence-electron chi connectivity index (χ3n) is 3.96. The first-order valence-corrected chi connectivity index (χ1v) is 6.71. The second-order valence-electron chi connectivity index (χ2n) is 5.68. The molecule has 4 nitrogen and oxygen atoms in total. The van der Waals surface area contributed by atoms with Crippen molar-refractivity contribution < 1.29 is 4.74 Å². The predicted molar refractivity (Wildman–Crippen MR) is 70.2 cm³/mol. The van der Waals surface area contributed by atoms with Crippen LogP contribution in [0.5, 0.6) is 0 Å². The number of hydrogen-bond donors (Lipinski definition) is 2. The summed E-state index contributed by atoms with van der Waals surface area (Å²) >= 11 is 0. The topological polar surface area (TPSA) is 45.7 Å². The first-order chi connectivity index (χ1) is 8.13. The number of guanidine groups is 1. The number of nitrogens with one attached hydrogen (secondary N) is 2. The van der Waals surface area contributed by atoms with E-state index >= 15 is 0 Å². The molecule has 4 heteroatoms. The summed E-state index contributed by atoms with van der Waals surface area (Å²) in [5, 5.41) is 6.75. The Hall–Kier alpha value is -0.770. The lowest BCUT2D eigenvalue weighted by Crippen LogP contribution is -2.46. The molecule has 1 aliphatic heterocycles. The van der Waals surface area contributed by atoms with Crippen LogP contribution in [0.25, 0.3) is 0 Å². The maximum absolute atomic E-state index is 5.75. The van der Waals surface area contributed by atoms with Crippen LogP contribution in [0, 0.1) is 11.8 Å². The summed E-state index contributed by atoms with van der Waals surface area (Å²) in [6.45, 7) is 7.24. The molecule has 0 aromatic rings. The van der Waals surface area contributed by atoms with Crippen LogP contribution < -0.4 is 10.6 Å². The third-order valence-corrected chi connectivity index (χ3v) is 3.96. The number of rotatable bonds is 4. The lowest BCUT2D eigenvalue weighted by Gasteiger charge is -2.24. The van der Waals surface area contributed by atoms with E-state index in [0.717, 1.165) is 43.9 Å². The minimum Gasteiger partial charge on any atom is -0.373 e. The number of ether oxygens (including phenoxy) is 1. The van der Waals surface area contributed by atoms with Gasteiger partial charge in [0.05, 0.1) is 5.60 Å². The van der Waals surface area contributed by atoms with E-state index < -0.39 is 0 Å². The SMILES string of the molecule is CN=C(NCC1CC1C)NCC1(C)CCCO1. The van der Waals surface area contributed by atoms with Gasteiger partial charge in [0.1, 0.15) is 0 Å². The van der Waals surface area contributed by atoms with Crippen molar-refractivity contribution in [2.24, 2.45) is 16.8 Å². The lowest BCUT2D eigenvalue weighted by molar-refractivity contribution is 0.0243.